The molecule has 0 saturated heterocycles. The van der Waals surface area contributed by atoms with E-state index in [1.54, 1.807) is 19.3 Å². The van der Waals surface area contributed by atoms with Gasteiger partial charge in [0.25, 0.3) is 0 Å². The summed E-state index contributed by atoms with van der Waals surface area (Å²) < 4.78 is 6.60. The summed E-state index contributed by atoms with van der Waals surface area (Å²) >= 11 is 0. The first kappa shape index (κ1) is 12.4. The SMILES string of the molecule is COC(=O)C(C)n1ccnc1-c1ccccc1C. The fourth-order valence-electron chi connectivity index (χ4n) is 1.94. The van der Waals surface area contributed by atoms with Gasteiger partial charge in [-0.3, -0.25) is 0 Å². The normalized spacial score (nSPS) is 12.2. The monoisotopic (exact) mass is 244 g/mol. The molecular weight excluding hydrogens is 228 g/mol. The molecule has 0 amide bonds. The number of hydrogen-bond donors (Lipinski definition) is 0. The lowest BCUT2D eigenvalue weighted by molar-refractivity contribution is -0.143. The summed E-state index contributed by atoms with van der Waals surface area (Å²) in [4.78, 5) is 15.9. The number of esters is 1. The molecule has 1 aromatic heterocycles. The lowest BCUT2D eigenvalue weighted by atomic mass is 10.1. The predicted octanol–water partition coefficient (Wildman–Crippen LogP) is 2.59. The van der Waals surface area contributed by atoms with Crippen LogP contribution in [-0.2, 0) is 9.53 Å². The van der Waals surface area contributed by atoms with Crippen LogP contribution >= 0.6 is 0 Å². The first-order valence-electron chi connectivity index (χ1n) is 5.82. The summed E-state index contributed by atoms with van der Waals surface area (Å²) in [5.41, 5.74) is 2.15. The van der Waals surface area contributed by atoms with E-state index in [0.717, 1.165) is 17.0 Å². The number of imidazole rings is 1. The molecule has 0 aliphatic heterocycles. The van der Waals surface area contributed by atoms with E-state index >= 15 is 0 Å². The lowest BCUT2D eigenvalue weighted by Crippen LogP contribution is -2.18. The van der Waals surface area contributed by atoms with Crippen molar-refractivity contribution in [2.24, 2.45) is 0 Å². The highest BCUT2D eigenvalue weighted by molar-refractivity contribution is 5.75. The second-order valence-corrected chi connectivity index (χ2v) is 4.17. The van der Waals surface area contributed by atoms with Gasteiger partial charge in [0, 0.05) is 18.0 Å². The molecular formula is C14H16N2O2. The molecule has 18 heavy (non-hydrogen) atoms. The molecule has 94 valence electrons. The third-order valence-corrected chi connectivity index (χ3v) is 3.01. The Morgan fingerprint density at radius 1 is 1.39 bits per heavy atom. The topological polar surface area (TPSA) is 44.1 Å². The predicted molar refractivity (Wildman–Crippen MR) is 69.1 cm³/mol. The molecule has 1 unspecified atom stereocenters. The smallest absolute Gasteiger partial charge is 0.328 e. The van der Waals surface area contributed by atoms with Crippen LogP contribution in [0.3, 0.4) is 0 Å². The van der Waals surface area contributed by atoms with Gasteiger partial charge < -0.3 is 9.30 Å². The molecule has 0 N–H and O–H groups in total. The number of methoxy groups -OCH3 is 1. The minimum absolute atomic E-state index is 0.275. The summed E-state index contributed by atoms with van der Waals surface area (Å²) in [6.45, 7) is 3.83. The maximum Gasteiger partial charge on any atom is 0.328 e. The zero-order valence-corrected chi connectivity index (χ0v) is 10.8. The van der Waals surface area contributed by atoms with Crippen LogP contribution in [0.5, 0.6) is 0 Å². The Kier molecular flexibility index (Phi) is 3.46. The molecule has 0 spiro atoms. The van der Waals surface area contributed by atoms with Gasteiger partial charge in [-0.2, -0.15) is 0 Å². The van der Waals surface area contributed by atoms with Crippen molar-refractivity contribution in [3.05, 3.63) is 42.2 Å². The van der Waals surface area contributed by atoms with Crippen molar-refractivity contribution < 1.29 is 9.53 Å². The fourth-order valence-corrected chi connectivity index (χ4v) is 1.94. The second-order valence-electron chi connectivity index (χ2n) is 4.17. The van der Waals surface area contributed by atoms with Crippen molar-refractivity contribution in [1.29, 1.82) is 0 Å². The first-order chi connectivity index (χ1) is 8.65. The molecule has 0 radical (unpaired) electrons. The van der Waals surface area contributed by atoms with Crippen LogP contribution in [0.2, 0.25) is 0 Å². The number of rotatable bonds is 3. The van der Waals surface area contributed by atoms with Gasteiger partial charge >= 0.3 is 5.97 Å². The average Bonchev–Trinajstić information content (AvgIpc) is 2.86. The second kappa shape index (κ2) is 5.04. The van der Waals surface area contributed by atoms with Gasteiger partial charge in [-0.1, -0.05) is 24.3 Å². The summed E-state index contributed by atoms with van der Waals surface area (Å²) in [7, 11) is 1.39. The third-order valence-electron chi connectivity index (χ3n) is 3.01. The first-order valence-corrected chi connectivity index (χ1v) is 5.82. The van der Waals surface area contributed by atoms with Crippen LogP contribution in [0, 0.1) is 6.92 Å². The number of benzene rings is 1. The van der Waals surface area contributed by atoms with Crippen LogP contribution in [0.1, 0.15) is 18.5 Å². The van der Waals surface area contributed by atoms with Gasteiger partial charge in [0.05, 0.1) is 7.11 Å². The summed E-state index contributed by atoms with van der Waals surface area (Å²) in [6.07, 6.45) is 3.49. The van der Waals surface area contributed by atoms with Crippen LogP contribution < -0.4 is 0 Å². The van der Waals surface area contributed by atoms with Gasteiger partial charge in [-0.15, -0.1) is 0 Å². The molecule has 0 bridgehead atoms. The molecule has 4 heteroatoms. The Hall–Kier alpha value is -2.10. The molecule has 1 heterocycles. The number of ether oxygens (including phenoxy) is 1. The fraction of sp³-hybridized carbons (Fsp3) is 0.286. The molecule has 4 nitrogen and oxygen atoms in total. The molecule has 0 fully saturated rings. The average molecular weight is 244 g/mol. The highest BCUT2D eigenvalue weighted by Crippen LogP contribution is 2.24. The number of carbonyl (C=O) groups excluding carboxylic acids is 1. The Bertz CT molecular complexity index is 560. The molecule has 1 atom stereocenters. The van der Waals surface area contributed by atoms with Crippen molar-refractivity contribution in [3.8, 4) is 11.4 Å². The summed E-state index contributed by atoms with van der Waals surface area (Å²) in [5.74, 6) is 0.508. The number of carbonyl (C=O) groups is 1. The van der Waals surface area contributed by atoms with E-state index in [9.17, 15) is 4.79 Å². The molecule has 0 saturated carbocycles. The summed E-state index contributed by atoms with van der Waals surface area (Å²) in [6, 6.07) is 7.59. The maximum absolute atomic E-state index is 11.6. The van der Waals surface area contributed by atoms with Crippen molar-refractivity contribution in [2.45, 2.75) is 19.9 Å². The van der Waals surface area contributed by atoms with Gasteiger partial charge in [-0.25, -0.2) is 9.78 Å². The molecule has 1 aromatic carbocycles. The van der Waals surface area contributed by atoms with E-state index < -0.39 is 0 Å². The highest BCUT2D eigenvalue weighted by Gasteiger charge is 2.19. The van der Waals surface area contributed by atoms with Gasteiger partial charge in [0.15, 0.2) is 0 Å². The zero-order chi connectivity index (χ0) is 13.1. The zero-order valence-electron chi connectivity index (χ0n) is 10.8. The van der Waals surface area contributed by atoms with Crippen LogP contribution in [0.15, 0.2) is 36.7 Å². The number of hydrogen-bond acceptors (Lipinski definition) is 3. The number of nitrogens with zero attached hydrogens (tertiary/aromatic N) is 2. The number of aryl methyl sites for hydroxylation is 1. The van der Waals surface area contributed by atoms with Crippen molar-refractivity contribution in [1.82, 2.24) is 9.55 Å². The van der Waals surface area contributed by atoms with Crippen LogP contribution in [0.4, 0.5) is 0 Å². The highest BCUT2D eigenvalue weighted by atomic mass is 16.5. The van der Waals surface area contributed by atoms with E-state index in [-0.39, 0.29) is 12.0 Å². The van der Waals surface area contributed by atoms with Crippen LogP contribution in [0.25, 0.3) is 11.4 Å². The minimum atomic E-state index is -0.382. The lowest BCUT2D eigenvalue weighted by Gasteiger charge is -2.15. The Labute approximate surface area is 106 Å². The largest absolute Gasteiger partial charge is 0.467 e. The Balaban J connectivity index is 2.46. The Morgan fingerprint density at radius 2 is 2.11 bits per heavy atom. The van der Waals surface area contributed by atoms with Gasteiger partial charge in [0.1, 0.15) is 11.9 Å². The van der Waals surface area contributed by atoms with E-state index in [1.165, 1.54) is 7.11 Å². The van der Waals surface area contributed by atoms with Gasteiger partial charge in [0.2, 0.25) is 0 Å². The standard InChI is InChI=1S/C14H16N2O2/c1-10-6-4-5-7-12(10)13-15-8-9-16(13)11(2)14(17)18-3/h4-9,11H,1-3H3. The molecule has 0 aliphatic rings. The van der Waals surface area contributed by atoms with E-state index in [2.05, 4.69) is 4.98 Å². The van der Waals surface area contributed by atoms with Crippen LogP contribution in [-0.4, -0.2) is 22.6 Å². The minimum Gasteiger partial charge on any atom is -0.467 e. The molecule has 0 aliphatic carbocycles. The number of aromatic nitrogens is 2. The third kappa shape index (κ3) is 2.14. The van der Waals surface area contributed by atoms with E-state index in [1.807, 2.05) is 35.8 Å². The van der Waals surface area contributed by atoms with Gasteiger partial charge in [-0.05, 0) is 19.4 Å². The Morgan fingerprint density at radius 3 is 2.78 bits per heavy atom. The quantitative estimate of drug-likeness (QED) is 0.779. The summed E-state index contributed by atoms with van der Waals surface area (Å²) in [5, 5.41) is 0. The molecule has 2 rings (SSSR count). The van der Waals surface area contributed by atoms with E-state index in [0.29, 0.717) is 0 Å². The maximum atomic E-state index is 11.6. The van der Waals surface area contributed by atoms with Crippen molar-refractivity contribution in [2.75, 3.05) is 7.11 Å². The van der Waals surface area contributed by atoms with Crippen molar-refractivity contribution >= 4 is 5.97 Å². The van der Waals surface area contributed by atoms with Crippen molar-refractivity contribution in [3.63, 3.8) is 0 Å². The molecule has 2 aromatic rings. The van der Waals surface area contributed by atoms with E-state index in [4.69, 9.17) is 4.74 Å².